The Balaban J connectivity index is 1.94. The molecule has 0 spiro atoms. The van der Waals surface area contributed by atoms with Crippen LogP contribution in [0.15, 0.2) is 18.5 Å². The number of hydrogen-bond donors (Lipinski definition) is 0. The van der Waals surface area contributed by atoms with Crippen LogP contribution in [0.25, 0.3) is 0 Å². The molecule has 19 heavy (non-hydrogen) atoms. The van der Waals surface area contributed by atoms with Crippen LogP contribution in [0.2, 0.25) is 5.02 Å². The Morgan fingerprint density at radius 1 is 1.63 bits per heavy atom. The van der Waals surface area contributed by atoms with Crippen molar-refractivity contribution in [3.63, 3.8) is 0 Å². The molecule has 1 aromatic heterocycles. The first kappa shape index (κ1) is 13.9. The van der Waals surface area contributed by atoms with Gasteiger partial charge in [-0.25, -0.2) is 4.79 Å². The monoisotopic (exact) mass is 284 g/mol. The lowest BCUT2D eigenvalue weighted by Crippen LogP contribution is -2.44. The normalized spacial score (nSPS) is 19.1. The van der Waals surface area contributed by atoms with Gasteiger partial charge < -0.3 is 14.4 Å². The third-order valence-electron chi connectivity index (χ3n) is 2.93. The molecule has 1 saturated heterocycles. The standard InChI is InChI=1S/C13H17ClN2O3/c1-2-18-13(17)16-7-3-4-10(9-16)19-12-5-6-15-8-11(12)14/h5-6,8,10H,2-4,7,9H2,1H3. The first-order valence-electron chi connectivity index (χ1n) is 6.38. The molecule has 2 heterocycles. The highest BCUT2D eigenvalue weighted by atomic mass is 35.5. The number of nitrogens with zero attached hydrogens (tertiary/aromatic N) is 2. The summed E-state index contributed by atoms with van der Waals surface area (Å²) >= 11 is 6.00. The van der Waals surface area contributed by atoms with Gasteiger partial charge in [0.05, 0.1) is 13.2 Å². The molecular formula is C13H17ClN2O3. The lowest BCUT2D eigenvalue weighted by Gasteiger charge is -2.32. The van der Waals surface area contributed by atoms with Crippen LogP contribution < -0.4 is 4.74 Å². The Labute approximate surface area is 117 Å². The molecule has 0 bridgehead atoms. The maximum atomic E-state index is 11.7. The number of carbonyl (C=O) groups excluding carboxylic acids is 1. The number of ether oxygens (including phenoxy) is 2. The molecule has 0 radical (unpaired) electrons. The largest absolute Gasteiger partial charge is 0.487 e. The molecule has 1 aliphatic heterocycles. The van der Waals surface area contributed by atoms with Gasteiger partial charge in [-0.3, -0.25) is 4.98 Å². The topological polar surface area (TPSA) is 51.7 Å². The number of piperidine rings is 1. The number of aromatic nitrogens is 1. The van der Waals surface area contributed by atoms with Gasteiger partial charge in [-0.05, 0) is 19.8 Å². The number of likely N-dealkylation sites (tertiary alicyclic amines) is 1. The quantitative estimate of drug-likeness (QED) is 0.856. The molecule has 1 fully saturated rings. The van der Waals surface area contributed by atoms with Crippen molar-refractivity contribution in [2.24, 2.45) is 0 Å². The zero-order chi connectivity index (χ0) is 13.7. The summed E-state index contributed by atoms with van der Waals surface area (Å²) in [6.07, 6.45) is 4.63. The van der Waals surface area contributed by atoms with Crippen LogP contribution in [0.5, 0.6) is 5.75 Å². The lowest BCUT2D eigenvalue weighted by atomic mass is 10.1. The molecule has 1 aromatic rings. The zero-order valence-electron chi connectivity index (χ0n) is 10.8. The second-order valence-electron chi connectivity index (χ2n) is 4.33. The van der Waals surface area contributed by atoms with E-state index in [0.717, 1.165) is 12.8 Å². The molecule has 0 aromatic carbocycles. The average molecular weight is 285 g/mol. The second-order valence-corrected chi connectivity index (χ2v) is 4.74. The van der Waals surface area contributed by atoms with E-state index in [1.54, 1.807) is 30.3 Å². The van der Waals surface area contributed by atoms with Crippen molar-refractivity contribution in [2.75, 3.05) is 19.7 Å². The molecule has 2 rings (SSSR count). The number of pyridine rings is 1. The highest BCUT2D eigenvalue weighted by Gasteiger charge is 2.26. The summed E-state index contributed by atoms with van der Waals surface area (Å²) in [5, 5.41) is 0.482. The lowest BCUT2D eigenvalue weighted by molar-refractivity contribution is 0.0612. The summed E-state index contributed by atoms with van der Waals surface area (Å²) in [5.41, 5.74) is 0. The minimum absolute atomic E-state index is 0.0574. The molecule has 104 valence electrons. The van der Waals surface area contributed by atoms with E-state index in [-0.39, 0.29) is 12.2 Å². The molecule has 5 nitrogen and oxygen atoms in total. The van der Waals surface area contributed by atoms with Gasteiger partial charge in [0.15, 0.2) is 0 Å². The SMILES string of the molecule is CCOC(=O)N1CCCC(Oc2ccncc2Cl)C1. The summed E-state index contributed by atoms with van der Waals surface area (Å²) in [7, 11) is 0. The zero-order valence-corrected chi connectivity index (χ0v) is 11.6. The minimum atomic E-state index is -0.281. The number of amides is 1. The summed E-state index contributed by atoms with van der Waals surface area (Å²) in [6.45, 7) is 3.42. The van der Waals surface area contributed by atoms with Crippen LogP contribution >= 0.6 is 11.6 Å². The molecule has 0 N–H and O–H groups in total. The number of rotatable bonds is 3. The Morgan fingerprint density at radius 2 is 2.47 bits per heavy atom. The third-order valence-corrected chi connectivity index (χ3v) is 3.22. The smallest absolute Gasteiger partial charge is 0.409 e. The molecule has 1 amide bonds. The van der Waals surface area contributed by atoms with E-state index in [1.807, 2.05) is 0 Å². The maximum Gasteiger partial charge on any atom is 0.409 e. The van der Waals surface area contributed by atoms with E-state index in [1.165, 1.54) is 0 Å². The molecule has 6 heteroatoms. The van der Waals surface area contributed by atoms with Gasteiger partial charge in [-0.1, -0.05) is 11.6 Å². The van der Waals surface area contributed by atoms with Crippen molar-refractivity contribution in [1.29, 1.82) is 0 Å². The van der Waals surface area contributed by atoms with E-state index in [0.29, 0.717) is 30.5 Å². The predicted octanol–water partition coefficient (Wildman–Crippen LogP) is 2.73. The Hall–Kier alpha value is -1.49. The first-order chi connectivity index (χ1) is 9.20. The maximum absolute atomic E-state index is 11.7. The number of carbonyl (C=O) groups is 1. The summed E-state index contributed by atoms with van der Waals surface area (Å²) in [5.74, 6) is 0.604. The third kappa shape index (κ3) is 3.73. The van der Waals surface area contributed by atoms with Gasteiger partial charge in [-0.2, -0.15) is 0 Å². The fourth-order valence-corrected chi connectivity index (χ4v) is 2.22. The summed E-state index contributed by atoms with van der Waals surface area (Å²) in [6, 6.07) is 1.73. The fourth-order valence-electron chi connectivity index (χ4n) is 2.05. The van der Waals surface area contributed by atoms with Gasteiger partial charge >= 0.3 is 6.09 Å². The van der Waals surface area contributed by atoms with Crippen LogP contribution in [0.1, 0.15) is 19.8 Å². The van der Waals surface area contributed by atoms with Gasteiger partial charge in [0, 0.05) is 25.0 Å². The van der Waals surface area contributed by atoms with Crippen LogP contribution in [-0.2, 0) is 4.74 Å². The summed E-state index contributed by atoms with van der Waals surface area (Å²) in [4.78, 5) is 17.3. The van der Waals surface area contributed by atoms with Crippen molar-refractivity contribution in [3.8, 4) is 5.75 Å². The fraction of sp³-hybridized carbons (Fsp3) is 0.538. The molecule has 0 saturated carbocycles. The second kappa shape index (κ2) is 6.61. The van der Waals surface area contributed by atoms with Gasteiger partial charge in [0.1, 0.15) is 16.9 Å². The molecule has 1 aliphatic rings. The molecular weight excluding hydrogens is 268 g/mol. The van der Waals surface area contributed by atoms with Crippen molar-refractivity contribution in [3.05, 3.63) is 23.5 Å². The minimum Gasteiger partial charge on any atom is -0.487 e. The molecule has 1 unspecified atom stereocenters. The Bertz CT molecular complexity index is 442. The average Bonchev–Trinajstić information content (AvgIpc) is 2.42. The van der Waals surface area contributed by atoms with Crippen LogP contribution in [0, 0.1) is 0 Å². The highest BCUT2D eigenvalue weighted by molar-refractivity contribution is 6.31. The Morgan fingerprint density at radius 3 is 3.21 bits per heavy atom. The summed E-state index contributed by atoms with van der Waals surface area (Å²) < 4.78 is 10.8. The molecule has 0 aliphatic carbocycles. The van der Waals surface area contributed by atoms with E-state index >= 15 is 0 Å². The highest BCUT2D eigenvalue weighted by Crippen LogP contribution is 2.25. The van der Waals surface area contributed by atoms with Crippen molar-refractivity contribution in [1.82, 2.24) is 9.88 Å². The number of hydrogen-bond acceptors (Lipinski definition) is 4. The van der Waals surface area contributed by atoms with Gasteiger partial charge in [0.25, 0.3) is 0 Å². The van der Waals surface area contributed by atoms with Crippen molar-refractivity contribution in [2.45, 2.75) is 25.9 Å². The van der Waals surface area contributed by atoms with Gasteiger partial charge in [-0.15, -0.1) is 0 Å². The van der Waals surface area contributed by atoms with E-state index in [4.69, 9.17) is 21.1 Å². The van der Waals surface area contributed by atoms with Crippen molar-refractivity contribution < 1.29 is 14.3 Å². The number of halogens is 1. The van der Waals surface area contributed by atoms with Crippen molar-refractivity contribution >= 4 is 17.7 Å². The van der Waals surface area contributed by atoms with Crippen LogP contribution in [-0.4, -0.2) is 41.8 Å². The van der Waals surface area contributed by atoms with Crippen LogP contribution in [0.4, 0.5) is 4.79 Å². The molecule has 1 atom stereocenters. The van der Waals surface area contributed by atoms with E-state index in [9.17, 15) is 4.79 Å². The van der Waals surface area contributed by atoms with E-state index in [2.05, 4.69) is 4.98 Å². The predicted molar refractivity (Wildman–Crippen MR) is 71.5 cm³/mol. The van der Waals surface area contributed by atoms with E-state index < -0.39 is 0 Å². The van der Waals surface area contributed by atoms with Crippen LogP contribution in [0.3, 0.4) is 0 Å². The Kier molecular flexibility index (Phi) is 4.85. The first-order valence-corrected chi connectivity index (χ1v) is 6.76. The van der Waals surface area contributed by atoms with Gasteiger partial charge in [0.2, 0.25) is 0 Å².